The average Bonchev–Trinajstić information content (AvgIpc) is 4.16. The third-order valence-corrected chi connectivity index (χ3v) is 20.4. The van der Waals surface area contributed by atoms with Crippen molar-refractivity contribution in [3.05, 3.63) is 223 Å². The van der Waals surface area contributed by atoms with E-state index in [2.05, 4.69) is 248 Å². The molecule has 2 unspecified atom stereocenters. The van der Waals surface area contributed by atoms with Crippen LogP contribution in [-0.4, -0.2) is 12.3 Å². The lowest BCUT2D eigenvalue weighted by Crippen LogP contribution is -2.61. The van der Waals surface area contributed by atoms with Gasteiger partial charge in [0.15, 0.2) is 0 Å². The predicted molar refractivity (Wildman–Crippen MR) is 325 cm³/mol. The first kappa shape index (κ1) is 43.5. The molecule has 358 valence electrons. The number of hydrogen-bond donors (Lipinski definition) is 0. The Balaban J connectivity index is 0.991. The van der Waals surface area contributed by atoms with E-state index in [1.54, 1.807) is 0 Å². The Morgan fingerprint density at radius 2 is 1.04 bits per heavy atom. The lowest BCUT2D eigenvalue weighted by Gasteiger charge is -2.50. The van der Waals surface area contributed by atoms with Gasteiger partial charge in [-0.2, -0.15) is 0 Å². The molecule has 1 aliphatic carbocycles. The van der Waals surface area contributed by atoms with Gasteiger partial charge in [0, 0.05) is 75.2 Å². The number of thiophene rings is 2. The van der Waals surface area contributed by atoms with E-state index in [1.165, 1.54) is 155 Å². The summed E-state index contributed by atoms with van der Waals surface area (Å²) in [5.41, 5.74) is 21.6. The SMILES string of the molecule is Cc1cc2c3c(c1)N(c1cccc4sc5ccccc5c14)c1ccc(-c4ccccc4)cc1B3c1ccc(N3c4ccc(-c5ccccc5)cc4C4(C)CCCCC34C)cc1N2c1cccc2c1sc1ccccc12. The average molecular weight is 998 g/mol. The van der Waals surface area contributed by atoms with Gasteiger partial charge in [0.2, 0.25) is 0 Å². The maximum absolute atomic E-state index is 2.78. The molecule has 3 aliphatic heterocycles. The zero-order valence-corrected chi connectivity index (χ0v) is 43.9. The van der Waals surface area contributed by atoms with Gasteiger partial charge in [-0.3, -0.25) is 0 Å². The smallest absolute Gasteiger partial charge is 0.252 e. The van der Waals surface area contributed by atoms with Gasteiger partial charge in [-0.1, -0.05) is 159 Å². The Bertz CT molecular complexity index is 4350. The summed E-state index contributed by atoms with van der Waals surface area (Å²) in [5, 5.41) is 5.23. The van der Waals surface area contributed by atoms with E-state index in [0.717, 1.165) is 6.42 Å². The molecule has 4 aliphatic rings. The van der Waals surface area contributed by atoms with E-state index >= 15 is 0 Å². The Morgan fingerprint density at radius 3 is 1.81 bits per heavy atom. The predicted octanol–water partition coefficient (Wildman–Crippen LogP) is 17.9. The van der Waals surface area contributed by atoms with Crippen LogP contribution in [-0.2, 0) is 5.41 Å². The van der Waals surface area contributed by atoms with Gasteiger partial charge in [0.05, 0.1) is 21.6 Å². The Hall–Kier alpha value is -7.90. The molecule has 5 heterocycles. The van der Waals surface area contributed by atoms with Crippen LogP contribution in [0.15, 0.2) is 212 Å². The van der Waals surface area contributed by atoms with Crippen molar-refractivity contribution >= 4 is 132 Å². The third kappa shape index (κ3) is 6.10. The molecule has 10 aromatic carbocycles. The highest BCUT2D eigenvalue weighted by Gasteiger charge is 2.58. The number of aryl methyl sites for hydroxylation is 1. The summed E-state index contributed by atoms with van der Waals surface area (Å²) in [6, 6.07) is 81.0. The quantitative estimate of drug-likeness (QED) is 0.159. The molecule has 2 atom stereocenters. The fourth-order valence-electron chi connectivity index (χ4n) is 14.4. The molecule has 1 saturated carbocycles. The molecule has 2 aromatic heterocycles. The standard InChI is InChI=1S/C69H52BN3S2/c1-43-38-60-66-61(39-43)72(58-26-16-24-50-49-22-10-12-27-62(49)75-67(50)58)59-42-48(73-55-34-30-46(44-18-6-4-7-19-44)40-52(55)68(2)36-14-15-37-69(68,73)3)32-33-53(59)70(66)54-41-47(45-20-8-5-9-21-45)31-35-56(54)71(60)57-25-17-29-64-65(57)51-23-11-13-28-63(51)74-64/h4-13,16-35,38-42H,14-15,36-37H2,1-3H3. The zero-order chi connectivity index (χ0) is 49.7. The molecule has 3 nitrogen and oxygen atoms in total. The molecule has 0 saturated heterocycles. The summed E-state index contributed by atoms with van der Waals surface area (Å²) in [4.78, 5) is 8.09. The fraction of sp³-hybridized carbons (Fsp3) is 0.130. The summed E-state index contributed by atoms with van der Waals surface area (Å²) in [5.74, 6) is 0. The van der Waals surface area contributed by atoms with Gasteiger partial charge in [-0.15, -0.1) is 22.7 Å². The molecule has 6 heteroatoms. The number of benzene rings is 10. The van der Waals surface area contributed by atoms with Crippen molar-refractivity contribution in [1.29, 1.82) is 0 Å². The third-order valence-electron chi connectivity index (χ3n) is 18.0. The Labute approximate surface area is 446 Å². The summed E-state index contributed by atoms with van der Waals surface area (Å²) in [7, 11) is 0. The van der Waals surface area contributed by atoms with E-state index in [0.29, 0.717) is 0 Å². The molecule has 16 rings (SSSR count). The van der Waals surface area contributed by atoms with Crippen molar-refractivity contribution in [2.45, 2.75) is 57.4 Å². The molecular weight excluding hydrogens is 946 g/mol. The van der Waals surface area contributed by atoms with Crippen LogP contribution < -0.4 is 31.1 Å². The molecule has 75 heavy (non-hydrogen) atoms. The highest BCUT2D eigenvalue weighted by atomic mass is 32.1. The van der Waals surface area contributed by atoms with Crippen molar-refractivity contribution in [1.82, 2.24) is 0 Å². The first-order valence-electron chi connectivity index (χ1n) is 26.7. The van der Waals surface area contributed by atoms with Crippen LogP contribution in [0.2, 0.25) is 0 Å². The summed E-state index contributed by atoms with van der Waals surface area (Å²) >= 11 is 3.81. The number of anilines is 8. The van der Waals surface area contributed by atoms with Crippen LogP contribution in [0.25, 0.3) is 62.6 Å². The number of hydrogen-bond acceptors (Lipinski definition) is 5. The van der Waals surface area contributed by atoms with Crippen LogP contribution in [0.1, 0.15) is 50.7 Å². The number of rotatable bonds is 5. The minimum Gasteiger partial charge on any atom is -0.334 e. The van der Waals surface area contributed by atoms with Crippen molar-refractivity contribution in [3.63, 3.8) is 0 Å². The highest BCUT2D eigenvalue weighted by Crippen LogP contribution is 2.62. The summed E-state index contributed by atoms with van der Waals surface area (Å²) in [6.45, 7) is 7.41. The van der Waals surface area contributed by atoms with Gasteiger partial charge in [-0.05, 0) is 149 Å². The van der Waals surface area contributed by atoms with E-state index < -0.39 is 0 Å². The van der Waals surface area contributed by atoms with E-state index in [1.807, 2.05) is 22.7 Å². The molecular formula is C69H52BN3S2. The maximum Gasteiger partial charge on any atom is 0.252 e. The topological polar surface area (TPSA) is 9.72 Å². The number of nitrogens with zero attached hydrogens (tertiary/aromatic N) is 3. The van der Waals surface area contributed by atoms with Gasteiger partial charge >= 0.3 is 0 Å². The van der Waals surface area contributed by atoms with Crippen molar-refractivity contribution in [2.75, 3.05) is 14.7 Å². The largest absolute Gasteiger partial charge is 0.334 e. The minimum atomic E-state index is -0.126. The van der Waals surface area contributed by atoms with Crippen LogP contribution in [0.5, 0.6) is 0 Å². The normalized spacial score (nSPS) is 18.4. The summed E-state index contributed by atoms with van der Waals surface area (Å²) in [6.07, 6.45) is 4.76. The van der Waals surface area contributed by atoms with Gasteiger partial charge in [0.1, 0.15) is 0 Å². The maximum atomic E-state index is 2.78. The zero-order valence-electron chi connectivity index (χ0n) is 42.3. The molecule has 0 amide bonds. The molecule has 0 spiro atoms. The van der Waals surface area contributed by atoms with Gasteiger partial charge < -0.3 is 14.7 Å². The summed E-state index contributed by atoms with van der Waals surface area (Å²) < 4.78 is 5.24. The first-order valence-corrected chi connectivity index (χ1v) is 28.4. The van der Waals surface area contributed by atoms with Crippen molar-refractivity contribution in [3.8, 4) is 22.3 Å². The van der Waals surface area contributed by atoms with E-state index in [4.69, 9.17) is 0 Å². The van der Waals surface area contributed by atoms with Crippen molar-refractivity contribution in [2.24, 2.45) is 0 Å². The van der Waals surface area contributed by atoms with E-state index in [-0.39, 0.29) is 17.7 Å². The van der Waals surface area contributed by atoms with Gasteiger partial charge in [0.25, 0.3) is 6.71 Å². The van der Waals surface area contributed by atoms with Gasteiger partial charge in [-0.25, -0.2) is 0 Å². The second-order valence-electron chi connectivity index (χ2n) is 22.0. The van der Waals surface area contributed by atoms with Crippen LogP contribution in [0.4, 0.5) is 45.5 Å². The van der Waals surface area contributed by atoms with Crippen LogP contribution >= 0.6 is 22.7 Å². The minimum absolute atomic E-state index is 0.0293. The molecule has 0 bridgehead atoms. The second kappa shape index (κ2) is 16.1. The molecule has 1 fully saturated rings. The molecule has 0 N–H and O–H groups in total. The molecule has 12 aromatic rings. The Kier molecular flexibility index (Phi) is 9.31. The lowest BCUT2D eigenvalue weighted by atomic mass is 9.33. The first-order chi connectivity index (χ1) is 36.8. The molecule has 0 radical (unpaired) electrons. The fourth-order valence-corrected chi connectivity index (χ4v) is 16.7. The van der Waals surface area contributed by atoms with Crippen LogP contribution in [0, 0.1) is 6.92 Å². The monoisotopic (exact) mass is 997 g/mol. The number of fused-ring (bicyclic) bond motifs is 13. The second-order valence-corrected chi connectivity index (χ2v) is 24.1. The highest BCUT2D eigenvalue weighted by molar-refractivity contribution is 7.26. The van der Waals surface area contributed by atoms with Crippen LogP contribution in [0.3, 0.4) is 0 Å². The Morgan fingerprint density at radius 1 is 0.427 bits per heavy atom. The van der Waals surface area contributed by atoms with E-state index in [9.17, 15) is 0 Å². The van der Waals surface area contributed by atoms with Crippen molar-refractivity contribution < 1.29 is 0 Å². The lowest BCUT2D eigenvalue weighted by molar-refractivity contribution is 0.195.